The molecule has 1 aliphatic rings. The van der Waals surface area contributed by atoms with Crippen LogP contribution in [0, 0.1) is 0 Å². The van der Waals surface area contributed by atoms with Gasteiger partial charge >= 0.3 is 5.97 Å². The molecule has 3 N–H and O–H groups in total. The van der Waals surface area contributed by atoms with E-state index in [4.69, 9.17) is 0 Å². The van der Waals surface area contributed by atoms with E-state index < -0.39 is 27.4 Å². The van der Waals surface area contributed by atoms with Crippen LogP contribution >= 0.6 is 11.8 Å². The first-order valence-corrected chi connectivity index (χ1v) is 10.2. The lowest BCUT2D eigenvalue weighted by atomic mass is 9.92. The van der Waals surface area contributed by atoms with Crippen molar-refractivity contribution >= 4 is 33.7 Å². The van der Waals surface area contributed by atoms with E-state index in [2.05, 4.69) is 10.0 Å². The number of hydrogen-bond acceptors (Lipinski definition) is 5. The van der Waals surface area contributed by atoms with Crippen LogP contribution in [0.2, 0.25) is 0 Å². The summed E-state index contributed by atoms with van der Waals surface area (Å²) in [6.45, 7) is 1.94. The molecule has 1 saturated heterocycles. The summed E-state index contributed by atoms with van der Waals surface area (Å²) in [5.41, 5.74) is -1.03. The molecule has 1 aromatic carbocycles. The van der Waals surface area contributed by atoms with Gasteiger partial charge in [0, 0.05) is 12.1 Å². The van der Waals surface area contributed by atoms with E-state index in [1.165, 1.54) is 24.3 Å². The van der Waals surface area contributed by atoms with Gasteiger partial charge in [0.05, 0.1) is 4.90 Å². The molecular formula is C15H20N2O5S2. The van der Waals surface area contributed by atoms with Gasteiger partial charge in [-0.05, 0) is 48.6 Å². The van der Waals surface area contributed by atoms with Crippen LogP contribution < -0.4 is 10.0 Å². The molecule has 1 heterocycles. The third kappa shape index (κ3) is 4.08. The van der Waals surface area contributed by atoms with Crippen molar-refractivity contribution in [1.82, 2.24) is 10.0 Å². The van der Waals surface area contributed by atoms with Gasteiger partial charge in [-0.25, -0.2) is 17.9 Å². The number of thioether (sulfide) groups is 1. The standard InChI is InChI=1S/C15H20N2O5S2/c1-2-16-24(21,22)12-5-3-11(4-6-12)13(18)17-15(14(19)20)7-9-23-10-8-15/h3-6,16H,2,7-10H2,1H3,(H,17,18)(H,19,20). The van der Waals surface area contributed by atoms with E-state index in [-0.39, 0.29) is 17.0 Å². The first-order valence-electron chi connectivity index (χ1n) is 7.54. The van der Waals surface area contributed by atoms with E-state index in [9.17, 15) is 23.1 Å². The fraction of sp³-hybridized carbons (Fsp3) is 0.467. The quantitative estimate of drug-likeness (QED) is 0.688. The minimum absolute atomic E-state index is 0.0583. The number of aliphatic carboxylic acids is 1. The number of rotatable bonds is 6. The van der Waals surface area contributed by atoms with E-state index >= 15 is 0 Å². The molecule has 0 atom stereocenters. The summed E-state index contributed by atoms with van der Waals surface area (Å²) in [7, 11) is -3.58. The molecule has 132 valence electrons. The maximum absolute atomic E-state index is 12.4. The maximum atomic E-state index is 12.4. The zero-order valence-electron chi connectivity index (χ0n) is 13.2. The Morgan fingerprint density at radius 3 is 2.29 bits per heavy atom. The first kappa shape index (κ1) is 18.8. The highest BCUT2D eigenvalue weighted by Gasteiger charge is 2.41. The van der Waals surface area contributed by atoms with Gasteiger partial charge in [0.2, 0.25) is 10.0 Å². The lowest BCUT2D eigenvalue weighted by Gasteiger charge is -2.33. The molecule has 0 spiro atoms. The van der Waals surface area contributed by atoms with Crippen molar-refractivity contribution in [2.75, 3.05) is 18.1 Å². The number of carboxylic acids is 1. The molecule has 1 aliphatic heterocycles. The van der Waals surface area contributed by atoms with Crippen molar-refractivity contribution in [2.24, 2.45) is 0 Å². The van der Waals surface area contributed by atoms with Crippen molar-refractivity contribution in [1.29, 1.82) is 0 Å². The molecule has 0 unspecified atom stereocenters. The number of carboxylic acid groups (broad SMARTS) is 1. The van der Waals surface area contributed by atoms with Crippen LogP contribution in [-0.4, -0.2) is 49.0 Å². The summed E-state index contributed by atoms with van der Waals surface area (Å²) in [4.78, 5) is 24.0. The molecule has 24 heavy (non-hydrogen) atoms. The van der Waals surface area contributed by atoms with Gasteiger partial charge in [-0.1, -0.05) is 6.92 Å². The predicted molar refractivity (Wildman–Crippen MR) is 91.7 cm³/mol. The van der Waals surface area contributed by atoms with Crippen molar-refractivity contribution < 1.29 is 23.1 Å². The van der Waals surface area contributed by atoms with Gasteiger partial charge in [0.25, 0.3) is 5.91 Å². The van der Waals surface area contributed by atoms with E-state index in [0.717, 1.165) is 0 Å². The third-order valence-corrected chi connectivity index (χ3v) is 6.42. The van der Waals surface area contributed by atoms with E-state index in [1.54, 1.807) is 18.7 Å². The highest BCUT2D eigenvalue weighted by atomic mass is 32.2. The SMILES string of the molecule is CCNS(=O)(=O)c1ccc(C(=O)NC2(C(=O)O)CCSCC2)cc1. The Labute approximate surface area is 145 Å². The molecule has 0 radical (unpaired) electrons. The zero-order valence-corrected chi connectivity index (χ0v) is 14.9. The lowest BCUT2D eigenvalue weighted by Crippen LogP contribution is -2.56. The smallest absolute Gasteiger partial charge is 0.329 e. The maximum Gasteiger partial charge on any atom is 0.329 e. The minimum Gasteiger partial charge on any atom is -0.480 e. The van der Waals surface area contributed by atoms with Gasteiger partial charge in [0.1, 0.15) is 5.54 Å². The summed E-state index contributed by atoms with van der Waals surface area (Å²) in [6.07, 6.45) is 0.733. The van der Waals surface area contributed by atoms with Crippen LogP contribution in [0.25, 0.3) is 0 Å². The molecule has 1 fully saturated rings. The molecule has 9 heteroatoms. The van der Waals surface area contributed by atoms with Gasteiger partial charge in [-0.3, -0.25) is 4.79 Å². The van der Waals surface area contributed by atoms with Gasteiger partial charge in [-0.2, -0.15) is 11.8 Å². The normalized spacial score (nSPS) is 17.2. The Morgan fingerprint density at radius 2 is 1.79 bits per heavy atom. The number of hydrogen-bond donors (Lipinski definition) is 3. The summed E-state index contributed by atoms with van der Waals surface area (Å²) in [5.74, 6) is -0.210. The van der Waals surface area contributed by atoms with Crippen molar-refractivity contribution in [3.8, 4) is 0 Å². The topological polar surface area (TPSA) is 113 Å². The highest BCUT2D eigenvalue weighted by Crippen LogP contribution is 2.28. The van der Waals surface area contributed by atoms with E-state index in [1.807, 2.05) is 0 Å². The molecule has 0 saturated carbocycles. The second-order valence-corrected chi connectivity index (χ2v) is 8.47. The predicted octanol–water partition coefficient (Wildman–Crippen LogP) is 1.06. The lowest BCUT2D eigenvalue weighted by molar-refractivity contribution is -0.144. The molecular weight excluding hydrogens is 352 g/mol. The van der Waals surface area contributed by atoms with E-state index in [0.29, 0.717) is 24.3 Å². The van der Waals surface area contributed by atoms with Gasteiger partial charge in [0.15, 0.2) is 0 Å². The van der Waals surface area contributed by atoms with Gasteiger partial charge in [-0.15, -0.1) is 0 Å². The summed E-state index contributed by atoms with van der Waals surface area (Å²) in [5, 5.41) is 12.1. The molecule has 0 aromatic heterocycles. The van der Waals surface area contributed by atoms with Crippen molar-refractivity contribution in [3.63, 3.8) is 0 Å². The first-order chi connectivity index (χ1) is 11.3. The Bertz CT molecular complexity index is 710. The van der Waals surface area contributed by atoms with Crippen molar-refractivity contribution in [3.05, 3.63) is 29.8 Å². The number of carbonyl (C=O) groups is 2. The minimum atomic E-state index is -3.58. The third-order valence-electron chi connectivity index (χ3n) is 3.87. The Kier molecular flexibility index (Phi) is 5.89. The number of benzene rings is 1. The van der Waals surface area contributed by atoms with Crippen LogP contribution in [0.15, 0.2) is 29.2 Å². The van der Waals surface area contributed by atoms with Crippen LogP contribution in [0.3, 0.4) is 0 Å². The Hall–Kier alpha value is -1.58. The van der Waals surface area contributed by atoms with Gasteiger partial charge < -0.3 is 10.4 Å². The number of nitrogens with one attached hydrogen (secondary N) is 2. The number of sulfonamides is 1. The fourth-order valence-electron chi connectivity index (χ4n) is 2.46. The van der Waals surface area contributed by atoms with Crippen LogP contribution in [0.1, 0.15) is 30.1 Å². The number of carbonyl (C=O) groups excluding carboxylic acids is 1. The second kappa shape index (κ2) is 7.54. The summed E-state index contributed by atoms with van der Waals surface area (Å²) >= 11 is 1.66. The summed E-state index contributed by atoms with van der Waals surface area (Å²) < 4.78 is 26.1. The molecule has 1 aromatic rings. The Morgan fingerprint density at radius 1 is 1.21 bits per heavy atom. The molecule has 1 amide bonds. The zero-order chi connectivity index (χ0) is 17.8. The average molecular weight is 372 g/mol. The molecule has 0 bridgehead atoms. The van der Waals surface area contributed by atoms with Crippen LogP contribution in [-0.2, 0) is 14.8 Å². The average Bonchev–Trinajstić information content (AvgIpc) is 2.55. The fourth-order valence-corrected chi connectivity index (χ4v) is 4.69. The second-order valence-electron chi connectivity index (χ2n) is 5.48. The van der Waals surface area contributed by atoms with Crippen LogP contribution in [0.4, 0.5) is 0 Å². The molecule has 0 aliphatic carbocycles. The van der Waals surface area contributed by atoms with Crippen LogP contribution in [0.5, 0.6) is 0 Å². The summed E-state index contributed by atoms with van der Waals surface area (Å²) in [6, 6.07) is 5.42. The highest BCUT2D eigenvalue weighted by molar-refractivity contribution is 7.99. The largest absolute Gasteiger partial charge is 0.480 e. The Balaban J connectivity index is 2.16. The number of amides is 1. The monoisotopic (exact) mass is 372 g/mol. The molecule has 2 rings (SSSR count). The molecule has 7 nitrogen and oxygen atoms in total. The van der Waals surface area contributed by atoms with Crippen molar-refractivity contribution in [2.45, 2.75) is 30.2 Å².